The van der Waals surface area contributed by atoms with E-state index >= 15 is 0 Å². The van der Waals surface area contributed by atoms with Crippen molar-refractivity contribution in [2.24, 2.45) is 0 Å². The van der Waals surface area contributed by atoms with Crippen molar-refractivity contribution in [3.05, 3.63) is 47.7 Å². The van der Waals surface area contributed by atoms with Gasteiger partial charge in [-0.2, -0.15) is 5.10 Å². The predicted octanol–water partition coefficient (Wildman–Crippen LogP) is 2.79. The fraction of sp³-hybridized carbons (Fsp3) is 0.308. The predicted molar refractivity (Wildman–Crippen MR) is 66.8 cm³/mol. The van der Waals surface area contributed by atoms with Gasteiger partial charge in [0.25, 0.3) is 0 Å². The molecule has 0 saturated carbocycles. The van der Waals surface area contributed by atoms with Gasteiger partial charge in [0.05, 0.1) is 6.54 Å². The second-order valence-electron chi connectivity index (χ2n) is 4.04. The van der Waals surface area contributed by atoms with Crippen LogP contribution in [0.2, 0.25) is 0 Å². The Morgan fingerprint density at radius 1 is 1.21 bits per heavy atom. The molecule has 0 aliphatic rings. The van der Waals surface area contributed by atoms with E-state index in [9.17, 15) is 13.2 Å². The van der Waals surface area contributed by atoms with Crippen LogP contribution in [0, 0.1) is 11.6 Å². The average Bonchev–Trinajstić information content (AvgIpc) is 2.83. The van der Waals surface area contributed by atoms with E-state index in [-0.39, 0.29) is 6.54 Å². The van der Waals surface area contributed by atoms with Gasteiger partial charge in [0.1, 0.15) is 12.5 Å². The summed E-state index contributed by atoms with van der Waals surface area (Å²) < 4.78 is 39.9. The Bertz CT molecular complexity index is 540. The molecule has 2 rings (SSSR count). The molecule has 0 amide bonds. The minimum atomic E-state index is -0.843. The van der Waals surface area contributed by atoms with Crippen molar-refractivity contribution in [1.29, 1.82) is 0 Å². The first kappa shape index (κ1) is 13.5. The van der Waals surface area contributed by atoms with Gasteiger partial charge in [0.15, 0.2) is 11.6 Å². The fourth-order valence-corrected chi connectivity index (χ4v) is 1.73. The summed E-state index contributed by atoms with van der Waals surface area (Å²) in [6, 6.07) is 5.81. The van der Waals surface area contributed by atoms with E-state index in [0.717, 1.165) is 6.07 Å². The van der Waals surface area contributed by atoms with Gasteiger partial charge < -0.3 is 5.32 Å². The first-order valence-electron chi connectivity index (χ1n) is 5.97. The number of hydrogen-bond donors (Lipinski definition) is 1. The van der Waals surface area contributed by atoms with Crippen LogP contribution in [0.1, 0.15) is 5.56 Å². The molecule has 0 saturated heterocycles. The Morgan fingerprint density at radius 2 is 2.05 bits per heavy atom. The van der Waals surface area contributed by atoms with Crippen molar-refractivity contribution >= 4 is 5.82 Å². The summed E-state index contributed by atoms with van der Waals surface area (Å²) in [6.45, 7) is 0.156. The smallest absolute Gasteiger partial charge is 0.162 e. The SMILES string of the molecule is FCCn1ccc(NCCc2cccc(F)c2F)n1. The first-order chi connectivity index (χ1) is 9.20. The molecule has 2 aromatic rings. The molecule has 0 radical (unpaired) electrons. The van der Waals surface area contributed by atoms with E-state index in [1.54, 1.807) is 18.3 Å². The first-order valence-corrected chi connectivity index (χ1v) is 5.97. The average molecular weight is 269 g/mol. The van der Waals surface area contributed by atoms with Crippen LogP contribution in [0.3, 0.4) is 0 Å². The molecule has 0 spiro atoms. The van der Waals surface area contributed by atoms with Gasteiger partial charge in [-0.3, -0.25) is 4.68 Å². The number of alkyl halides is 1. The highest BCUT2D eigenvalue weighted by Gasteiger charge is 2.07. The van der Waals surface area contributed by atoms with Crippen molar-refractivity contribution in [2.45, 2.75) is 13.0 Å². The molecule has 0 bridgehead atoms. The van der Waals surface area contributed by atoms with Crippen LogP contribution < -0.4 is 5.32 Å². The minimum Gasteiger partial charge on any atom is -0.368 e. The van der Waals surface area contributed by atoms with Crippen molar-refractivity contribution in [3.8, 4) is 0 Å². The van der Waals surface area contributed by atoms with Gasteiger partial charge in [-0.15, -0.1) is 0 Å². The Hall–Kier alpha value is -1.98. The normalized spacial score (nSPS) is 10.7. The molecule has 19 heavy (non-hydrogen) atoms. The van der Waals surface area contributed by atoms with Crippen LogP contribution in [-0.2, 0) is 13.0 Å². The van der Waals surface area contributed by atoms with Gasteiger partial charge in [0, 0.05) is 18.8 Å². The summed E-state index contributed by atoms with van der Waals surface area (Å²) in [7, 11) is 0. The quantitative estimate of drug-likeness (QED) is 0.874. The van der Waals surface area contributed by atoms with E-state index in [1.807, 2.05) is 0 Å². The third-order valence-electron chi connectivity index (χ3n) is 2.69. The number of nitrogens with zero attached hydrogens (tertiary/aromatic N) is 2. The van der Waals surface area contributed by atoms with Crippen molar-refractivity contribution in [3.63, 3.8) is 0 Å². The molecule has 1 heterocycles. The third-order valence-corrected chi connectivity index (χ3v) is 2.69. The van der Waals surface area contributed by atoms with Crippen molar-refractivity contribution < 1.29 is 13.2 Å². The zero-order valence-corrected chi connectivity index (χ0v) is 10.2. The molecular formula is C13H14F3N3. The maximum atomic E-state index is 13.4. The lowest BCUT2D eigenvalue weighted by molar-refractivity contribution is 0.427. The highest BCUT2D eigenvalue weighted by molar-refractivity contribution is 5.32. The Labute approximate surface area is 109 Å². The number of benzene rings is 1. The fourth-order valence-electron chi connectivity index (χ4n) is 1.73. The molecular weight excluding hydrogens is 255 g/mol. The maximum Gasteiger partial charge on any atom is 0.162 e. The van der Waals surface area contributed by atoms with Crippen molar-refractivity contribution in [1.82, 2.24) is 9.78 Å². The van der Waals surface area contributed by atoms with Crippen LogP contribution in [0.5, 0.6) is 0 Å². The summed E-state index contributed by atoms with van der Waals surface area (Å²) >= 11 is 0. The molecule has 102 valence electrons. The molecule has 0 unspecified atom stereocenters. The van der Waals surface area contributed by atoms with Gasteiger partial charge in [-0.1, -0.05) is 12.1 Å². The second-order valence-corrected chi connectivity index (χ2v) is 4.04. The minimum absolute atomic E-state index is 0.209. The molecule has 0 atom stereocenters. The standard InChI is InChI=1S/C13H14F3N3/c14-6-9-19-8-5-12(18-19)17-7-4-10-2-1-3-11(15)13(10)16/h1-3,5,8H,4,6-7,9H2,(H,17,18). The third kappa shape index (κ3) is 3.49. The summed E-state index contributed by atoms with van der Waals surface area (Å²) in [5.41, 5.74) is 0.315. The number of nitrogens with one attached hydrogen (secondary N) is 1. The second kappa shape index (κ2) is 6.26. The lowest BCUT2D eigenvalue weighted by Crippen LogP contribution is -2.08. The Kier molecular flexibility index (Phi) is 4.43. The van der Waals surface area contributed by atoms with Gasteiger partial charge in [-0.05, 0) is 18.1 Å². The van der Waals surface area contributed by atoms with Crippen LogP contribution >= 0.6 is 0 Å². The molecule has 1 aromatic carbocycles. The molecule has 1 N–H and O–H groups in total. The van der Waals surface area contributed by atoms with Gasteiger partial charge >= 0.3 is 0 Å². The zero-order valence-electron chi connectivity index (χ0n) is 10.2. The summed E-state index contributed by atoms with van der Waals surface area (Å²) in [4.78, 5) is 0. The molecule has 0 aliphatic heterocycles. The van der Waals surface area contributed by atoms with Crippen LogP contribution in [0.4, 0.5) is 19.0 Å². The molecule has 1 aromatic heterocycles. The molecule has 6 heteroatoms. The summed E-state index contributed by atoms with van der Waals surface area (Å²) in [5.74, 6) is -1.07. The van der Waals surface area contributed by atoms with E-state index in [0.29, 0.717) is 24.3 Å². The van der Waals surface area contributed by atoms with Crippen LogP contribution in [0.25, 0.3) is 0 Å². The zero-order chi connectivity index (χ0) is 13.7. The Morgan fingerprint density at radius 3 is 2.84 bits per heavy atom. The number of rotatable bonds is 6. The number of aromatic nitrogens is 2. The van der Waals surface area contributed by atoms with E-state index in [2.05, 4.69) is 10.4 Å². The van der Waals surface area contributed by atoms with E-state index in [1.165, 1.54) is 10.7 Å². The number of halogens is 3. The van der Waals surface area contributed by atoms with Crippen molar-refractivity contribution in [2.75, 3.05) is 18.5 Å². The summed E-state index contributed by atoms with van der Waals surface area (Å²) in [5, 5.41) is 7.04. The highest BCUT2D eigenvalue weighted by atomic mass is 19.2. The lowest BCUT2D eigenvalue weighted by atomic mass is 10.1. The number of anilines is 1. The van der Waals surface area contributed by atoms with E-state index in [4.69, 9.17) is 0 Å². The Balaban J connectivity index is 1.87. The van der Waals surface area contributed by atoms with Gasteiger partial charge in [0.2, 0.25) is 0 Å². The van der Waals surface area contributed by atoms with E-state index < -0.39 is 18.3 Å². The van der Waals surface area contributed by atoms with Crippen LogP contribution in [-0.4, -0.2) is 23.0 Å². The monoisotopic (exact) mass is 269 g/mol. The van der Waals surface area contributed by atoms with Crippen LogP contribution in [0.15, 0.2) is 30.5 Å². The number of aryl methyl sites for hydroxylation is 1. The largest absolute Gasteiger partial charge is 0.368 e. The summed E-state index contributed by atoms with van der Waals surface area (Å²) in [6.07, 6.45) is 2.00. The lowest BCUT2D eigenvalue weighted by Gasteiger charge is -2.05. The maximum absolute atomic E-state index is 13.4. The highest BCUT2D eigenvalue weighted by Crippen LogP contribution is 2.12. The van der Waals surface area contributed by atoms with Gasteiger partial charge in [-0.25, -0.2) is 13.2 Å². The molecule has 3 nitrogen and oxygen atoms in total. The molecule has 0 aliphatic carbocycles. The molecule has 0 fully saturated rings. The topological polar surface area (TPSA) is 29.9 Å². The number of hydrogen-bond acceptors (Lipinski definition) is 2.